The zero-order valence-corrected chi connectivity index (χ0v) is 22.0. The van der Waals surface area contributed by atoms with Crippen molar-refractivity contribution in [3.63, 3.8) is 0 Å². The van der Waals surface area contributed by atoms with Gasteiger partial charge in [0.15, 0.2) is 0 Å². The number of hydrogen-bond acceptors (Lipinski definition) is 5. The average molecular weight is 581 g/mol. The topological polar surface area (TPSA) is 92.5 Å². The molecule has 176 valence electrons. The van der Waals surface area contributed by atoms with E-state index in [-0.39, 0.29) is 17.5 Å². The number of alkyl halides is 1. The smallest absolute Gasteiger partial charge is 0.255 e. The predicted molar refractivity (Wildman–Crippen MR) is 140 cm³/mol. The fourth-order valence-corrected chi connectivity index (χ4v) is 5.42. The largest absolute Gasteiger partial charge is 0.437 e. The molecule has 0 spiro atoms. The first-order chi connectivity index (χ1) is 15.7. The molecular formula is C24H28IN3O4S. The van der Waals surface area contributed by atoms with Gasteiger partial charge in [0.05, 0.1) is 17.2 Å². The maximum atomic E-state index is 12.9. The maximum absolute atomic E-state index is 12.9. The van der Waals surface area contributed by atoms with Crippen LogP contribution in [0.15, 0.2) is 34.7 Å². The molecular weight excluding hydrogens is 553 g/mol. The lowest BCUT2D eigenvalue weighted by Crippen LogP contribution is -2.32. The second kappa shape index (κ2) is 9.61. The average Bonchev–Trinajstić information content (AvgIpc) is 3.55. The zero-order chi connectivity index (χ0) is 23.8. The molecule has 1 aliphatic rings. The van der Waals surface area contributed by atoms with E-state index in [0.717, 1.165) is 46.8 Å². The third-order valence-electron chi connectivity index (χ3n) is 5.86. The van der Waals surface area contributed by atoms with E-state index in [2.05, 4.69) is 27.9 Å². The quantitative estimate of drug-likeness (QED) is 0.218. The van der Waals surface area contributed by atoms with Gasteiger partial charge in [-0.15, -0.1) is 0 Å². The molecule has 0 bridgehead atoms. The Morgan fingerprint density at radius 1 is 1.24 bits per heavy atom. The summed E-state index contributed by atoms with van der Waals surface area (Å²) < 4.78 is 34.0. The number of rotatable bonds is 9. The van der Waals surface area contributed by atoms with E-state index in [1.807, 2.05) is 37.3 Å². The Bertz CT molecular complexity index is 1280. The summed E-state index contributed by atoms with van der Waals surface area (Å²) in [7, 11) is -1.94. The summed E-state index contributed by atoms with van der Waals surface area (Å²) in [4.78, 5) is 17.6. The number of fused-ring (bicyclic) bond motifs is 1. The van der Waals surface area contributed by atoms with Gasteiger partial charge in [-0.3, -0.25) is 9.10 Å². The van der Waals surface area contributed by atoms with Gasteiger partial charge in [0.2, 0.25) is 15.7 Å². The summed E-state index contributed by atoms with van der Waals surface area (Å²) in [6.45, 7) is 2.36. The highest BCUT2D eigenvalue weighted by Crippen LogP contribution is 2.46. The van der Waals surface area contributed by atoms with Crippen LogP contribution in [-0.2, 0) is 10.0 Å². The Kier molecular flexibility index (Phi) is 6.99. The number of anilines is 1. The molecule has 33 heavy (non-hydrogen) atoms. The first kappa shape index (κ1) is 24.0. The number of carbonyl (C=O) groups excluding carboxylic acids is 1. The van der Waals surface area contributed by atoms with Crippen molar-refractivity contribution in [3.05, 3.63) is 47.0 Å². The predicted octanol–water partition coefficient (Wildman–Crippen LogP) is 5.02. The van der Waals surface area contributed by atoms with Crippen molar-refractivity contribution < 1.29 is 17.6 Å². The van der Waals surface area contributed by atoms with Gasteiger partial charge in [-0.05, 0) is 54.6 Å². The monoisotopic (exact) mass is 581 g/mol. The summed E-state index contributed by atoms with van der Waals surface area (Å²) >= 11 is 2.30. The number of aryl methyl sites for hydroxylation is 1. The maximum Gasteiger partial charge on any atom is 0.255 e. The molecule has 3 aromatic rings. The van der Waals surface area contributed by atoms with Crippen LogP contribution in [0.2, 0.25) is 0 Å². The molecule has 1 fully saturated rings. The third kappa shape index (κ3) is 5.03. The number of amides is 1. The molecule has 1 N–H and O–H groups in total. The molecule has 0 saturated heterocycles. The van der Waals surface area contributed by atoms with Crippen LogP contribution in [0, 0.1) is 6.92 Å². The fraction of sp³-hybridized carbons (Fsp3) is 0.417. The Hall–Kier alpha value is -2.14. The molecule has 4 rings (SSSR count). The van der Waals surface area contributed by atoms with E-state index < -0.39 is 10.0 Å². The SMILES string of the molecule is CNC(=O)c1c(-c2ccc(C)cc2)oc2nc(N(CCCCI)S(C)(=O)=O)c(C3CC3)cc12. The molecule has 0 aliphatic heterocycles. The van der Waals surface area contributed by atoms with Crippen LogP contribution in [-0.4, -0.2) is 43.6 Å². The molecule has 1 amide bonds. The van der Waals surface area contributed by atoms with Gasteiger partial charge in [-0.25, -0.2) is 8.42 Å². The van der Waals surface area contributed by atoms with Crippen LogP contribution in [0.25, 0.3) is 22.4 Å². The summed E-state index contributed by atoms with van der Waals surface area (Å²) in [6.07, 6.45) is 4.84. The number of unbranched alkanes of at least 4 members (excludes halogenated alkanes) is 1. The van der Waals surface area contributed by atoms with E-state index in [9.17, 15) is 13.2 Å². The lowest BCUT2D eigenvalue weighted by atomic mass is 10.0. The van der Waals surface area contributed by atoms with Crippen LogP contribution in [0.5, 0.6) is 0 Å². The fourth-order valence-electron chi connectivity index (χ4n) is 3.96. The van der Waals surface area contributed by atoms with E-state index in [4.69, 9.17) is 9.40 Å². The number of carbonyl (C=O) groups is 1. The number of halogens is 1. The molecule has 9 heteroatoms. The highest BCUT2D eigenvalue weighted by molar-refractivity contribution is 14.1. The second-order valence-electron chi connectivity index (χ2n) is 8.51. The summed E-state index contributed by atoms with van der Waals surface area (Å²) in [5.41, 5.74) is 3.43. The van der Waals surface area contributed by atoms with Crippen molar-refractivity contribution >= 4 is 55.4 Å². The number of sulfonamides is 1. The number of aromatic nitrogens is 1. The number of furan rings is 1. The van der Waals surface area contributed by atoms with Crippen LogP contribution in [0.3, 0.4) is 0 Å². The first-order valence-corrected chi connectivity index (χ1v) is 14.4. The van der Waals surface area contributed by atoms with Crippen molar-refractivity contribution in [2.45, 2.75) is 38.5 Å². The first-order valence-electron chi connectivity index (χ1n) is 11.0. The van der Waals surface area contributed by atoms with E-state index in [0.29, 0.717) is 29.1 Å². The Balaban J connectivity index is 1.93. The lowest BCUT2D eigenvalue weighted by Gasteiger charge is -2.23. The van der Waals surface area contributed by atoms with Crippen molar-refractivity contribution in [2.24, 2.45) is 0 Å². The van der Waals surface area contributed by atoms with Crippen molar-refractivity contribution in [1.82, 2.24) is 10.3 Å². The van der Waals surface area contributed by atoms with Gasteiger partial charge in [0.25, 0.3) is 5.91 Å². The van der Waals surface area contributed by atoms with Gasteiger partial charge in [-0.2, -0.15) is 4.98 Å². The minimum Gasteiger partial charge on any atom is -0.437 e. The van der Waals surface area contributed by atoms with E-state index >= 15 is 0 Å². The highest BCUT2D eigenvalue weighted by Gasteiger charge is 2.34. The van der Waals surface area contributed by atoms with Crippen LogP contribution >= 0.6 is 22.6 Å². The molecule has 0 unspecified atom stereocenters. The van der Waals surface area contributed by atoms with Gasteiger partial charge in [-0.1, -0.05) is 52.4 Å². The molecule has 1 aliphatic carbocycles. The number of benzene rings is 1. The number of nitrogens with zero attached hydrogens (tertiary/aromatic N) is 2. The van der Waals surface area contributed by atoms with E-state index in [1.165, 1.54) is 10.6 Å². The lowest BCUT2D eigenvalue weighted by molar-refractivity contribution is 0.0964. The molecule has 7 nitrogen and oxygen atoms in total. The molecule has 0 radical (unpaired) electrons. The van der Waals surface area contributed by atoms with Crippen molar-refractivity contribution in [1.29, 1.82) is 0 Å². The standard InChI is InChI=1S/C24H28IN3O4S/c1-15-6-8-17(9-7-15)21-20(23(29)26-2)19-14-18(16-10-11-16)22(27-24(19)32-21)28(33(3,30)31)13-5-4-12-25/h6-9,14,16H,4-5,10-13H2,1-3H3,(H,26,29). The number of hydrogen-bond donors (Lipinski definition) is 1. The van der Waals surface area contributed by atoms with Crippen LogP contribution < -0.4 is 9.62 Å². The molecule has 2 aromatic heterocycles. The molecule has 1 saturated carbocycles. The summed E-state index contributed by atoms with van der Waals surface area (Å²) in [5, 5.41) is 3.32. The molecule has 1 aromatic carbocycles. The van der Waals surface area contributed by atoms with Gasteiger partial charge in [0, 0.05) is 19.2 Å². The molecule has 0 atom stereocenters. The molecule has 2 heterocycles. The van der Waals surface area contributed by atoms with Gasteiger partial charge >= 0.3 is 0 Å². The number of nitrogens with one attached hydrogen (secondary N) is 1. The third-order valence-corrected chi connectivity index (χ3v) is 7.78. The minimum absolute atomic E-state index is 0.237. The van der Waals surface area contributed by atoms with Gasteiger partial charge in [0.1, 0.15) is 11.6 Å². The van der Waals surface area contributed by atoms with Crippen molar-refractivity contribution in [3.8, 4) is 11.3 Å². The Labute approximate surface area is 208 Å². The Morgan fingerprint density at radius 3 is 2.52 bits per heavy atom. The minimum atomic E-state index is -3.53. The zero-order valence-electron chi connectivity index (χ0n) is 19.0. The summed E-state index contributed by atoms with van der Waals surface area (Å²) in [6, 6.07) is 9.66. The van der Waals surface area contributed by atoms with Crippen LogP contribution in [0.4, 0.5) is 5.82 Å². The second-order valence-corrected chi connectivity index (χ2v) is 11.5. The normalized spacial score (nSPS) is 13.9. The van der Waals surface area contributed by atoms with E-state index in [1.54, 1.807) is 7.05 Å². The highest BCUT2D eigenvalue weighted by atomic mass is 127. The van der Waals surface area contributed by atoms with Gasteiger partial charge < -0.3 is 9.73 Å². The van der Waals surface area contributed by atoms with Crippen molar-refractivity contribution in [2.75, 3.05) is 28.6 Å². The summed E-state index contributed by atoms with van der Waals surface area (Å²) in [5.74, 6) is 0.837. The Morgan fingerprint density at radius 2 is 1.94 bits per heavy atom. The number of pyridine rings is 1. The van der Waals surface area contributed by atoms with Crippen LogP contribution in [0.1, 0.15) is 53.1 Å².